The molecule has 2 atom stereocenters. The summed E-state index contributed by atoms with van der Waals surface area (Å²) in [5, 5.41) is 0. The molecule has 192 valence electrons. The molecule has 1 saturated heterocycles. The van der Waals surface area contributed by atoms with E-state index >= 15 is 0 Å². The lowest BCUT2D eigenvalue weighted by Crippen LogP contribution is -2.52. The van der Waals surface area contributed by atoms with Gasteiger partial charge in [-0.05, 0) is 48.6 Å². The lowest BCUT2D eigenvalue weighted by Gasteiger charge is -2.57. The molecule has 3 aliphatic carbocycles. The summed E-state index contributed by atoms with van der Waals surface area (Å²) < 4.78 is 5.63. The minimum Gasteiger partial charge on any atom is -0.484 e. The molecular formula is C29H43N3O3. The Kier molecular flexibility index (Phi) is 8.53. The smallest absolute Gasteiger partial charge is 0.260 e. The number of benzene rings is 1. The van der Waals surface area contributed by atoms with Crippen molar-refractivity contribution in [1.29, 1.82) is 0 Å². The Morgan fingerprint density at radius 2 is 1.86 bits per heavy atom. The zero-order valence-corrected chi connectivity index (χ0v) is 21.9. The van der Waals surface area contributed by atoms with Crippen molar-refractivity contribution in [2.45, 2.75) is 52.9 Å². The monoisotopic (exact) mass is 481 g/mol. The second-order valence-corrected chi connectivity index (χ2v) is 11.1. The number of unbranched alkanes of at least 4 members (excludes halogenated alkanes) is 1. The molecule has 0 spiro atoms. The van der Waals surface area contributed by atoms with Crippen LogP contribution in [0.5, 0.6) is 5.75 Å². The molecule has 5 rings (SSSR count). The van der Waals surface area contributed by atoms with Crippen molar-refractivity contribution in [3.05, 3.63) is 42.0 Å². The zero-order valence-electron chi connectivity index (χ0n) is 21.9. The van der Waals surface area contributed by atoms with Crippen LogP contribution in [-0.2, 0) is 9.59 Å². The molecule has 2 bridgehead atoms. The van der Waals surface area contributed by atoms with E-state index in [1.807, 2.05) is 35.2 Å². The lowest BCUT2D eigenvalue weighted by atomic mass is 9.49. The summed E-state index contributed by atoms with van der Waals surface area (Å²) >= 11 is 0. The molecule has 2 unspecified atom stereocenters. The van der Waals surface area contributed by atoms with Gasteiger partial charge in [0.25, 0.3) is 5.91 Å². The number of hydrogen-bond acceptors (Lipinski definition) is 4. The van der Waals surface area contributed by atoms with Crippen LogP contribution in [0, 0.1) is 17.3 Å². The van der Waals surface area contributed by atoms with E-state index in [1.54, 1.807) is 0 Å². The Balaban J connectivity index is 1.24. The van der Waals surface area contributed by atoms with Gasteiger partial charge in [0.1, 0.15) is 5.75 Å². The number of hydrogen-bond donors (Lipinski definition) is 0. The van der Waals surface area contributed by atoms with Gasteiger partial charge in [-0.15, -0.1) is 0 Å². The van der Waals surface area contributed by atoms with Crippen LogP contribution in [0.4, 0.5) is 0 Å². The Morgan fingerprint density at radius 3 is 2.51 bits per heavy atom. The van der Waals surface area contributed by atoms with Gasteiger partial charge in [0.15, 0.2) is 6.61 Å². The third kappa shape index (κ3) is 6.27. The highest BCUT2D eigenvalue weighted by Gasteiger charge is 2.51. The van der Waals surface area contributed by atoms with Crippen molar-refractivity contribution in [2.24, 2.45) is 17.3 Å². The van der Waals surface area contributed by atoms with Crippen molar-refractivity contribution in [2.75, 3.05) is 52.4 Å². The van der Waals surface area contributed by atoms with Gasteiger partial charge in [0.05, 0.1) is 0 Å². The number of para-hydroxylation sites is 1. The van der Waals surface area contributed by atoms with Gasteiger partial charge in [-0.1, -0.05) is 57.0 Å². The van der Waals surface area contributed by atoms with E-state index in [1.165, 1.54) is 18.4 Å². The minimum absolute atomic E-state index is 0.0375. The largest absolute Gasteiger partial charge is 0.484 e. The maximum Gasteiger partial charge on any atom is 0.260 e. The van der Waals surface area contributed by atoms with Crippen molar-refractivity contribution in [3.63, 3.8) is 0 Å². The maximum atomic E-state index is 13.1. The summed E-state index contributed by atoms with van der Waals surface area (Å²) in [7, 11) is 0. The van der Waals surface area contributed by atoms with Crippen LogP contribution in [0.2, 0.25) is 0 Å². The molecule has 6 heteroatoms. The van der Waals surface area contributed by atoms with Crippen molar-refractivity contribution in [1.82, 2.24) is 14.7 Å². The topological polar surface area (TPSA) is 53.1 Å². The number of carbonyl (C=O) groups is 2. The van der Waals surface area contributed by atoms with E-state index in [4.69, 9.17) is 4.74 Å². The van der Waals surface area contributed by atoms with Gasteiger partial charge in [-0.2, -0.15) is 0 Å². The van der Waals surface area contributed by atoms with Crippen LogP contribution in [0.25, 0.3) is 0 Å². The fourth-order valence-electron chi connectivity index (χ4n) is 5.89. The SMILES string of the molecule is CCCCC(=O)N(CCN1CCN(C(=O)COc2ccccc2)CC1)CC1=CCC2CC1C2(C)C. The van der Waals surface area contributed by atoms with E-state index < -0.39 is 0 Å². The minimum atomic E-state index is 0.0375. The number of fused-ring (bicyclic) bond motifs is 1. The van der Waals surface area contributed by atoms with Crippen LogP contribution in [0.15, 0.2) is 42.0 Å². The number of amides is 2. The van der Waals surface area contributed by atoms with Crippen LogP contribution >= 0.6 is 0 Å². The number of rotatable bonds is 11. The van der Waals surface area contributed by atoms with Crippen LogP contribution < -0.4 is 4.74 Å². The fraction of sp³-hybridized carbons (Fsp3) is 0.655. The lowest BCUT2D eigenvalue weighted by molar-refractivity contribution is -0.135. The first-order valence-corrected chi connectivity index (χ1v) is 13.5. The molecule has 4 aliphatic rings. The van der Waals surface area contributed by atoms with Crippen LogP contribution in [-0.4, -0.2) is 78.9 Å². The Morgan fingerprint density at radius 1 is 1.11 bits per heavy atom. The van der Waals surface area contributed by atoms with Crippen molar-refractivity contribution >= 4 is 11.8 Å². The Hall–Kier alpha value is -2.34. The average Bonchev–Trinajstić information content (AvgIpc) is 2.89. The molecule has 1 aromatic carbocycles. The maximum absolute atomic E-state index is 13.1. The molecule has 0 aromatic heterocycles. The normalized spacial score (nSPS) is 23.3. The summed E-state index contributed by atoms with van der Waals surface area (Å²) in [4.78, 5) is 32.0. The summed E-state index contributed by atoms with van der Waals surface area (Å²) in [6.07, 6.45) is 7.52. The van der Waals surface area contributed by atoms with Gasteiger partial charge in [0.2, 0.25) is 5.91 Å². The van der Waals surface area contributed by atoms with Gasteiger partial charge >= 0.3 is 0 Å². The van der Waals surface area contributed by atoms with Crippen LogP contribution in [0.1, 0.15) is 52.9 Å². The van der Waals surface area contributed by atoms with E-state index in [2.05, 4.69) is 36.6 Å². The predicted octanol–water partition coefficient (Wildman–Crippen LogP) is 4.22. The van der Waals surface area contributed by atoms with Gasteiger partial charge in [-0.3, -0.25) is 14.5 Å². The van der Waals surface area contributed by atoms with Gasteiger partial charge in [-0.25, -0.2) is 0 Å². The Bertz CT molecular complexity index is 890. The number of carbonyl (C=O) groups excluding carboxylic acids is 2. The molecule has 6 nitrogen and oxygen atoms in total. The first-order chi connectivity index (χ1) is 16.9. The number of nitrogens with zero attached hydrogens (tertiary/aromatic N) is 3. The van der Waals surface area contributed by atoms with E-state index in [0.29, 0.717) is 36.8 Å². The molecule has 1 saturated carbocycles. The average molecular weight is 482 g/mol. The molecule has 1 aromatic rings. The zero-order chi connectivity index (χ0) is 24.8. The number of ether oxygens (including phenoxy) is 1. The fourth-order valence-corrected chi connectivity index (χ4v) is 5.89. The van der Waals surface area contributed by atoms with Crippen LogP contribution in [0.3, 0.4) is 0 Å². The highest BCUT2D eigenvalue weighted by molar-refractivity contribution is 5.78. The molecule has 35 heavy (non-hydrogen) atoms. The van der Waals surface area contributed by atoms with E-state index in [0.717, 1.165) is 57.2 Å². The second-order valence-electron chi connectivity index (χ2n) is 11.1. The number of piperazine rings is 1. The summed E-state index contributed by atoms with van der Waals surface area (Å²) in [6.45, 7) is 12.5. The summed E-state index contributed by atoms with van der Waals surface area (Å²) in [5.41, 5.74) is 1.87. The third-order valence-electron chi connectivity index (χ3n) is 8.57. The first-order valence-electron chi connectivity index (χ1n) is 13.5. The Labute approximate surface area is 211 Å². The predicted molar refractivity (Wildman–Crippen MR) is 139 cm³/mol. The highest BCUT2D eigenvalue weighted by atomic mass is 16.5. The summed E-state index contributed by atoms with van der Waals surface area (Å²) in [5.74, 6) is 2.50. The van der Waals surface area contributed by atoms with Crippen molar-refractivity contribution in [3.8, 4) is 5.75 Å². The molecule has 2 amide bonds. The highest BCUT2D eigenvalue weighted by Crippen LogP contribution is 2.59. The molecule has 0 N–H and O–H groups in total. The number of allylic oxidation sites excluding steroid dienone is 1. The first kappa shape index (κ1) is 25.7. The summed E-state index contributed by atoms with van der Waals surface area (Å²) in [6, 6.07) is 9.48. The van der Waals surface area contributed by atoms with Gasteiger partial charge < -0.3 is 14.5 Å². The molecular weight excluding hydrogens is 438 g/mol. The van der Waals surface area contributed by atoms with E-state index in [9.17, 15) is 9.59 Å². The molecule has 1 heterocycles. The third-order valence-corrected chi connectivity index (χ3v) is 8.57. The molecule has 1 aliphatic heterocycles. The second kappa shape index (κ2) is 11.6. The standard InChI is InChI=1S/C29H43N3O3/c1-4-5-11-27(33)32(21-23-12-13-24-20-26(23)29(24,2)3)19-16-30-14-17-31(18-15-30)28(34)22-35-25-9-7-6-8-10-25/h6-10,12,24,26H,4-5,11,13-22H2,1-3H3. The molecule has 2 fully saturated rings. The molecule has 0 radical (unpaired) electrons. The van der Waals surface area contributed by atoms with Gasteiger partial charge in [0, 0.05) is 52.2 Å². The quantitative estimate of drug-likeness (QED) is 0.444. The van der Waals surface area contributed by atoms with Crippen molar-refractivity contribution < 1.29 is 14.3 Å². The van der Waals surface area contributed by atoms with E-state index in [-0.39, 0.29) is 12.5 Å².